The Morgan fingerprint density at radius 1 is 0.815 bits per heavy atom. The predicted octanol–water partition coefficient (Wildman–Crippen LogP) is 4.97. The van der Waals surface area contributed by atoms with Crippen molar-refractivity contribution in [2.24, 2.45) is 5.73 Å². The summed E-state index contributed by atoms with van der Waals surface area (Å²) in [6.45, 7) is 1.02. The van der Waals surface area contributed by atoms with Crippen molar-refractivity contribution in [3.8, 4) is 22.6 Å². The molecule has 0 aliphatic carbocycles. The van der Waals surface area contributed by atoms with Gasteiger partial charge in [0.1, 0.15) is 24.8 Å². The molecule has 3 nitrogen and oxygen atoms in total. The molecule has 0 aliphatic rings. The molecule has 3 aromatic carbocycles. The zero-order valence-corrected chi connectivity index (χ0v) is 15.3. The third-order valence-electron chi connectivity index (χ3n) is 3.80. The smallest absolute Gasteiger partial charge is 0.162 e. The average molecular weight is 392 g/mol. The first-order valence-corrected chi connectivity index (χ1v) is 8.26. The molecule has 0 heterocycles. The van der Waals surface area contributed by atoms with E-state index in [2.05, 4.69) is 0 Å². The van der Waals surface area contributed by atoms with Crippen LogP contribution in [0.5, 0.6) is 11.5 Å². The molecule has 0 bridgehead atoms. The lowest BCUT2D eigenvalue weighted by molar-refractivity contribution is 0.266. The highest BCUT2D eigenvalue weighted by atomic mass is 35.5. The van der Waals surface area contributed by atoms with Crippen LogP contribution in [-0.2, 0) is 6.61 Å². The van der Waals surface area contributed by atoms with Crippen molar-refractivity contribution in [1.82, 2.24) is 0 Å². The minimum Gasteiger partial charge on any atom is -0.488 e. The van der Waals surface area contributed by atoms with Crippen molar-refractivity contribution in [3.63, 3.8) is 0 Å². The maximum Gasteiger partial charge on any atom is 0.162 e. The second kappa shape index (κ2) is 9.90. The maximum absolute atomic E-state index is 14.1. The summed E-state index contributed by atoms with van der Waals surface area (Å²) in [6.07, 6.45) is 0. The van der Waals surface area contributed by atoms with E-state index in [4.69, 9.17) is 15.2 Å². The van der Waals surface area contributed by atoms with Gasteiger partial charge in [-0.3, -0.25) is 0 Å². The minimum absolute atomic E-state index is 0. The van der Waals surface area contributed by atoms with Crippen LogP contribution in [0.1, 0.15) is 5.56 Å². The Labute approximate surface area is 163 Å². The molecule has 0 radical (unpaired) electrons. The molecular formula is C21H20ClF2NO2. The van der Waals surface area contributed by atoms with E-state index in [0.29, 0.717) is 36.8 Å². The Hall–Kier alpha value is -2.63. The molecule has 0 amide bonds. The van der Waals surface area contributed by atoms with Crippen LogP contribution in [0.2, 0.25) is 0 Å². The molecule has 3 rings (SSSR count). The van der Waals surface area contributed by atoms with Gasteiger partial charge in [-0.05, 0) is 41.5 Å². The van der Waals surface area contributed by atoms with Gasteiger partial charge in [-0.2, -0.15) is 0 Å². The number of hydrogen-bond acceptors (Lipinski definition) is 3. The van der Waals surface area contributed by atoms with Gasteiger partial charge in [0.15, 0.2) is 11.5 Å². The van der Waals surface area contributed by atoms with E-state index >= 15 is 0 Å². The number of rotatable bonds is 7. The van der Waals surface area contributed by atoms with Crippen molar-refractivity contribution in [2.45, 2.75) is 6.61 Å². The Bertz CT molecular complexity index is 875. The highest BCUT2D eigenvalue weighted by Crippen LogP contribution is 2.34. The fourth-order valence-corrected chi connectivity index (χ4v) is 2.53. The third kappa shape index (κ3) is 5.42. The van der Waals surface area contributed by atoms with Gasteiger partial charge < -0.3 is 15.2 Å². The lowest BCUT2D eigenvalue weighted by Gasteiger charge is -2.14. The van der Waals surface area contributed by atoms with Crippen molar-refractivity contribution in [2.75, 3.05) is 13.2 Å². The molecule has 27 heavy (non-hydrogen) atoms. The second-order valence-electron chi connectivity index (χ2n) is 5.70. The molecule has 3 aromatic rings. The molecule has 0 atom stereocenters. The van der Waals surface area contributed by atoms with E-state index in [-0.39, 0.29) is 18.0 Å². The van der Waals surface area contributed by atoms with Crippen LogP contribution >= 0.6 is 12.4 Å². The Kier molecular flexibility index (Phi) is 7.58. The summed E-state index contributed by atoms with van der Waals surface area (Å²) >= 11 is 0. The maximum atomic E-state index is 14.1. The van der Waals surface area contributed by atoms with Crippen molar-refractivity contribution < 1.29 is 18.3 Å². The van der Waals surface area contributed by atoms with Gasteiger partial charge in [0.2, 0.25) is 0 Å². The van der Waals surface area contributed by atoms with Crippen LogP contribution < -0.4 is 15.2 Å². The highest BCUT2D eigenvalue weighted by molar-refractivity contribution is 5.85. The van der Waals surface area contributed by atoms with E-state index < -0.39 is 11.6 Å². The van der Waals surface area contributed by atoms with Crippen molar-refractivity contribution in [1.29, 1.82) is 0 Å². The van der Waals surface area contributed by atoms with Crippen LogP contribution in [0.15, 0.2) is 66.7 Å². The SMILES string of the molecule is Cl.NCCOc1ccc(-c2cc(F)ccc2F)cc1OCc1ccccc1. The minimum atomic E-state index is -0.504. The number of hydrogen-bond donors (Lipinski definition) is 1. The first-order chi connectivity index (χ1) is 12.7. The topological polar surface area (TPSA) is 44.5 Å². The molecule has 142 valence electrons. The summed E-state index contributed by atoms with van der Waals surface area (Å²) in [5, 5.41) is 0. The van der Waals surface area contributed by atoms with Gasteiger partial charge in [-0.25, -0.2) is 8.78 Å². The van der Waals surface area contributed by atoms with Crippen molar-refractivity contribution in [3.05, 3.63) is 83.9 Å². The molecular weight excluding hydrogens is 372 g/mol. The number of ether oxygens (including phenoxy) is 2. The van der Waals surface area contributed by atoms with E-state index in [1.807, 2.05) is 30.3 Å². The van der Waals surface area contributed by atoms with E-state index in [0.717, 1.165) is 23.8 Å². The van der Waals surface area contributed by atoms with Crippen molar-refractivity contribution >= 4 is 12.4 Å². The van der Waals surface area contributed by atoms with Gasteiger partial charge in [0.25, 0.3) is 0 Å². The van der Waals surface area contributed by atoms with Gasteiger partial charge in [-0.1, -0.05) is 36.4 Å². The summed E-state index contributed by atoms with van der Waals surface area (Å²) in [4.78, 5) is 0. The van der Waals surface area contributed by atoms with Crippen LogP contribution in [-0.4, -0.2) is 13.2 Å². The average Bonchev–Trinajstić information content (AvgIpc) is 2.67. The van der Waals surface area contributed by atoms with Crippen LogP contribution in [0.3, 0.4) is 0 Å². The van der Waals surface area contributed by atoms with Gasteiger partial charge in [0.05, 0.1) is 0 Å². The van der Waals surface area contributed by atoms with Gasteiger partial charge >= 0.3 is 0 Å². The second-order valence-corrected chi connectivity index (χ2v) is 5.70. The molecule has 0 saturated carbocycles. The van der Waals surface area contributed by atoms with E-state index in [1.54, 1.807) is 18.2 Å². The normalized spacial score (nSPS) is 10.2. The Balaban J connectivity index is 0.00000261. The fraction of sp³-hybridized carbons (Fsp3) is 0.143. The molecule has 6 heteroatoms. The molecule has 0 fully saturated rings. The molecule has 0 spiro atoms. The van der Waals surface area contributed by atoms with Gasteiger partial charge in [-0.15, -0.1) is 12.4 Å². The summed E-state index contributed by atoms with van der Waals surface area (Å²) < 4.78 is 39.1. The summed E-state index contributed by atoms with van der Waals surface area (Å²) in [7, 11) is 0. The van der Waals surface area contributed by atoms with E-state index in [1.165, 1.54) is 0 Å². The Morgan fingerprint density at radius 3 is 2.33 bits per heavy atom. The lowest BCUT2D eigenvalue weighted by atomic mass is 10.0. The number of halogens is 3. The largest absolute Gasteiger partial charge is 0.488 e. The van der Waals surface area contributed by atoms with Gasteiger partial charge in [0, 0.05) is 12.1 Å². The molecule has 0 aliphatic heterocycles. The zero-order valence-electron chi connectivity index (χ0n) is 14.5. The molecule has 0 unspecified atom stereocenters. The lowest BCUT2D eigenvalue weighted by Crippen LogP contribution is -2.11. The number of benzene rings is 3. The summed E-state index contributed by atoms with van der Waals surface area (Å²) in [6, 6.07) is 18.0. The van der Waals surface area contributed by atoms with Crippen LogP contribution in [0.25, 0.3) is 11.1 Å². The first kappa shape index (κ1) is 20.7. The quantitative estimate of drug-likeness (QED) is 0.618. The fourth-order valence-electron chi connectivity index (χ4n) is 2.53. The zero-order chi connectivity index (χ0) is 18.4. The monoisotopic (exact) mass is 391 g/mol. The molecule has 2 N–H and O–H groups in total. The van der Waals surface area contributed by atoms with Crippen LogP contribution in [0, 0.1) is 11.6 Å². The summed E-state index contributed by atoms with van der Waals surface area (Å²) in [5.41, 5.74) is 7.15. The Morgan fingerprint density at radius 2 is 1.59 bits per heavy atom. The highest BCUT2D eigenvalue weighted by Gasteiger charge is 2.12. The third-order valence-corrected chi connectivity index (χ3v) is 3.80. The number of nitrogens with two attached hydrogens (primary N) is 1. The first-order valence-electron chi connectivity index (χ1n) is 8.26. The molecule has 0 saturated heterocycles. The van der Waals surface area contributed by atoms with Crippen LogP contribution in [0.4, 0.5) is 8.78 Å². The molecule has 0 aromatic heterocycles. The summed E-state index contributed by atoms with van der Waals surface area (Å²) in [5.74, 6) is -0.0527. The van der Waals surface area contributed by atoms with E-state index in [9.17, 15) is 8.78 Å². The standard InChI is InChI=1S/C21H19F2NO2.ClH/c22-17-7-8-19(23)18(13-17)16-6-9-20(25-11-10-24)21(12-16)26-14-15-4-2-1-3-5-15;/h1-9,12-13H,10-11,14,24H2;1H. The predicted molar refractivity (Wildman–Crippen MR) is 104 cm³/mol.